The van der Waals surface area contributed by atoms with Crippen molar-refractivity contribution in [3.05, 3.63) is 65.6 Å². The molecule has 6 heteroatoms. The van der Waals surface area contributed by atoms with Crippen LogP contribution in [-0.2, 0) is 21.7 Å². The molecule has 0 amide bonds. The first-order valence-corrected chi connectivity index (χ1v) is 10.6. The van der Waals surface area contributed by atoms with Gasteiger partial charge in [0.25, 0.3) is 0 Å². The maximum atomic E-state index is 13.4. The molecule has 0 unspecified atom stereocenters. The lowest BCUT2D eigenvalue weighted by Crippen LogP contribution is -2.29. The summed E-state index contributed by atoms with van der Waals surface area (Å²) in [6, 6.07) is 11.9. The Morgan fingerprint density at radius 1 is 0.968 bits per heavy atom. The number of nitrogens with zero attached hydrogens (tertiary/aromatic N) is 2. The minimum Gasteiger partial charge on any atom is -0.344 e. The van der Waals surface area contributed by atoms with Crippen molar-refractivity contribution in [2.75, 3.05) is 19.1 Å². The number of rotatable bonds is 3. The van der Waals surface area contributed by atoms with Crippen LogP contribution >= 0.6 is 0 Å². The van der Waals surface area contributed by atoms with Gasteiger partial charge in [-0.05, 0) is 42.5 Å². The molecule has 6 nitrogen and oxygen atoms in total. The summed E-state index contributed by atoms with van der Waals surface area (Å²) in [5, 5.41) is 0. The molecule has 0 bridgehead atoms. The number of carbonyl (C=O) groups is 1. The second kappa shape index (κ2) is 7.04. The Labute approximate surface area is 182 Å². The maximum absolute atomic E-state index is 13.4. The van der Waals surface area contributed by atoms with Crippen LogP contribution in [0.15, 0.2) is 48.8 Å². The highest BCUT2D eigenvalue weighted by Gasteiger charge is 2.39. The number of aromatic nitrogens is 2. The number of ketones is 1. The van der Waals surface area contributed by atoms with Crippen LogP contribution in [0.5, 0.6) is 0 Å². The third kappa shape index (κ3) is 3.27. The second-order valence-corrected chi connectivity index (χ2v) is 9.32. The van der Waals surface area contributed by atoms with E-state index in [4.69, 9.17) is 15.3 Å². The average molecular weight is 418 g/mol. The van der Waals surface area contributed by atoms with E-state index in [-0.39, 0.29) is 11.2 Å². The van der Waals surface area contributed by atoms with E-state index in [0.717, 1.165) is 45.6 Å². The quantitative estimate of drug-likeness (QED) is 0.643. The maximum Gasteiger partial charge on any atom is 0.192 e. The minimum absolute atomic E-state index is 0.130. The Balaban J connectivity index is 1.77. The average Bonchev–Trinajstić information content (AvgIpc) is 3.31. The van der Waals surface area contributed by atoms with Crippen molar-refractivity contribution in [3.8, 4) is 22.4 Å². The molecule has 1 saturated heterocycles. The summed E-state index contributed by atoms with van der Waals surface area (Å²) in [7, 11) is 0. The zero-order chi connectivity index (χ0) is 21.8. The zero-order valence-electron chi connectivity index (χ0n) is 18.1. The monoisotopic (exact) mass is 417 g/mol. The molecular weight excluding hydrogens is 390 g/mol. The van der Waals surface area contributed by atoms with E-state index in [1.165, 1.54) is 0 Å². The Morgan fingerprint density at radius 2 is 1.68 bits per heavy atom. The van der Waals surface area contributed by atoms with Gasteiger partial charge in [0.2, 0.25) is 0 Å². The van der Waals surface area contributed by atoms with Crippen molar-refractivity contribution in [1.82, 2.24) is 9.66 Å². The highest BCUT2D eigenvalue weighted by molar-refractivity contribution is 6.08. The van der Waals surface area contributed by atoms with Crippen LogP contribution in [0.3, 0.4) is 0 Å². The van der Waals surface area contributed by atoms with Crippen LogP contribution in [0.25, 0.3) is 22.4 Å². The van der Waals surface area contributed by atoms with E-state index in [0.29, 0.717) is 19.6 Å². The van der Waals surface area contributed by atoms with E-state index in [9.17, 15) is 4.79 Å². The van der Waals surface area contributed by atoms with Crippen LogP contribution in [0.4, 0.5) is 0 Å². The number of ether oxygens (including phenoxy) is 2. The van der Waals surface area contributed by atoms with Gasteiger partial charge in [-0.3, -0.25) is 14.5 Å². The van der Waals surface area contributed by atoms with Crippen molar-refractivity contribution in [2.45, 2.75) is 39.4 Å². The molecule has 1 aromatic carbocycles. The van der Waals surface area contributed by atoms with Crippen molar-refractivity contribution in [2.24, 2.45) is 5.41 Å². The zero-order valence-corrected chi connectivity index (χ0v) is 18.1. The van der Waals surface area contributed by atoms with Gasteiger partial charge in [-0.15, -0.1) is 0 Å². The number of benzene rings is 1. The molecule has 2 aromatic heterocycles. The van der Waals surface area contributed by atoms with Gasteiger partial charge in [0, 0.05) is 41.1 Å². The van der Waals surface area contributed by atoms with Crippen LogP contribution in [0.2, 0.25) is 0 Å². The van der Waals surface area contributed by atoms with Crippen LogP contribution in [0.1, 0.15) is 48.8 Å². The highest BCUT2D eigenvalue weighted by Crippen LogP contribution is 2.45. The number of nitrogens with two attached hydrogens (primary N) is 1. The molecule has 1 aliphatic carbocycles. The number of pyridine rings is 1. The molecule has 3 heterocycles. The SMILES string of the molecule is CC1(C)CC(=O)c2c(-c3cccc(C4(C)OCCO4)c3)c(-c3ccncc3)n(N)c2C1. The van der Waals surface area contributed by atoms with Crippen molar-refractivity contribution in [1.29, 1.82) is 0 Å². The summed E-state index contributed by atoms with van der Waals surface area (Å²) in [6.45, 7) is 7.28. The number of nitrogen functional groups attached to an aromatic ring is 1. The first-order valence-electron chi connectivity index (χ1n) is 10.6. The smallest absolute Gasteiger partial charge is 0.192 e. The third-order valence-corrected chi connectivity index (χ3v) is 6.34. The standard InChI is InChI=1S/C25H27N3O3/c1-24(2)14-19-22(20(29)15-24)21(23(28(19)26)16-7-9-27-10-8-16)17-5-4-6-18(13-17)25(3)30-11-12-31-25/h4-10,13H,11-12,14-15,26H2,1-3H3. The number of fused-ring (bicyclic) bond motifs is 1. The molecule has 1 aliphatic heterocycles. The molecule has 2 aliphatic rings. The number of hydrogen-bond donors (Lipinski definition) is 1. The first kappa shape index (κ1) is 20.0. The first-order chi connectivity index (χ1) is 14.8. The summed E-state index contributed by atoms with van der Waals surface area (Å²) < 4.78 is 13.4. The number of Topliss-reactive ketones (excluding diaryl/α,β-unsaturated/α-hetero) is 1. The van der Waals surface area contributed by atoms with Crippen molar-refractivity contribution >= 4 is 5.78 Å². The van der Waals surface area contributed by atoms with Gasteiger partial charge in [0.15, 0.2) is 11.6 Å². The number of carbonyl (C=O) groups excluding carboxylic acids is 1. The fourth-order valence-electron chi connectivity index (χ4n) is 4.86. The van der Waals surface area contributed by atoms with E-state index >= 15 is 0 Å². The summed E-state index contributed by atoms with van der Waals surface area (Å²) in [6.07, 6.45) is 4.73. The molecule has 2 N–H and O–H groups in total. The Kier molecular flexibility index (Phi) is 4.53. The van der Waals surface area contributed by atoms with Gasteiger partial charge >= 0.3 is 0 Å². The summed E-state index contributed by atoms with van der Waals surface area (Å²) in [4.78, 5) is 17.5. The van der Waals surface area contributed by atoms with E-state index in [1.807, 2.05) is 37.3 Å². The topological polar surface area (TPSA) is 79.4 Å². The molecule has 1 fully saturated rings. The Bertz CT molecular complexity index is 1160. The second-order valence-electron chi connectivity index (χ2n) is 9.32. The molecule has 5 rings (SSSR count). The normalized spacial score (nSPS) is 19.4. The molecule has 0 spiro atoms. The Hall–Kier alpha value is -2.96. The van der Waals surface area contributed by atoms with Crippen molar-refractivity contribution < 1.29 is 14.3 Å². The summed E-state index contributed by atoms with van der Waals surface area (Å²) >= 11 is 0. The minimum atomic E-state index is -0.788. The van der Waals surface area contributed by atoms with E-state index < -0.39 is 5.79 Å². The van der Waals surface area contributed by atoms with E-state index in [2.05, 4.69) is 24.9 Å². The largest absolute Gasteiger partial charge is 0.344 e. The third-order valence-electron chi connectivity index (χ3n) is 6.34. The van der Waals surface area contributed by atoms with Gasteiger partial charge in [0.1, 0.15) is 0 Å². The lowest BCUT2D eigenvalue weighted by atomic mass is 9.75. The predicted molar refractivity (Wildman–Crippen MR) is 119 cm³/mol. The lowest BCUT2D eigenvalue weighted by molar-refractivity contribution is -0.149. The molecule has 31 heavy (non-hydrogen) atoms. The predicted octanol–water partition coefficient (Wildman–Crippen LogP) is 4.31. The van der Waals surface area contributed by atoms with Gasteiger partial charge in [-0.1, -0.05) is 32.0 Å². The highest BCUT2D eigenvalue weighted by atomic mass is 16.7. The molecular formula is C25H27N3O3. The Morgan fingerprint density at radius 3 is 2.39 bits per heavy atom. The van der Waals surface area contributed by atoms with E-state index in [1.54, 1.807) is 17.1 Å². The molecule has 0 atom stereocenters. The van der Waals surface area contributed by atoms with Crippen LogP contribution < -0.4 is 5.84 Å². The molecule has 160 valence electrons. The van der Waals surface area contributed by atoms with Crippen LogP contribution in [0, 0.1) is 5.41 Å². The van der Waals surface area contributed by atoms with Gasteiger partial charge in [-0.2, -0.15) is 0 Å². The van der Waals surface area contributed by atoms with Crippen LogP contribution in [-0.4, -0.2) is 28.7 Å². The van der Waals surface area contributed by atoms with Gasteiger partial charge < -0.3 is 15.3 Å². The summed E-state index contributed by atoms with van der Waals surface area (Å²) in [5.41, 5.74) is 5.95. The fourth-order valence-corrected chi connectivity index (χ4v) is 4.86. The fraction of sp³-hybridized carbons (Fsp3) is 0.360. The van der Waals surface area contributed by atoms with Crippen molar-refractivity contribution in [3.63, 3.8) is 0 Å². The van der Waals surface area contributed by atoms with Gasteiger partial charge in [-0.25, -0.2) is 0 Å². The van der Waals surface area contributed by atoms with Gasteiger partial charge in [0.05, 0.1) is 24.6 Å². The molecule has 0 saturated carbocycles. The molecule has 3 aromatic rings. The molecule has 0 radical (unpaired) electrons. The number of hydrogen-bond acceptors (Lipinski definition) is 5. The lowest BCUT2D eigenvalue weighted by Gasteiger charge is -2.29. The summed E-state index contributed by atoms with van der Waals surface area (Å²) in [5.74, 6) is 6.00.